The van der Waals surface area contributed by atoms with Crippen molar-refractivity contribution in [1.82, 2.24) is 14.5 Å². The Morgan fingerprint density at radius 3 is 2.79 bits per heavy atom. The molecule has 1 aromatic carbocycles. The summed E-state index contributed by atoms with van der Waals surface area (Å²) in [6.07, 6.45) is 4.87. The van der Waals surface area contributed by atoms with Gasteiger partial charge in [0, 0.05) is 32.9 Å². The first kappa shape index (κ1) is 12.4. The minimum atomic E-state index is 0.251. The summed E-state index contributed by atoms with van der Waals surface area (Å²) >= 11 is 0. The van der Waals surface area contributed by atoms with E-state index in [-0.39, 0.29) is 6.04 Å². The molecule has 0 fully saturated rings. The second-order valence-electron chi connectivity index (χ2n) is 5.17. The molecule has 0 amide bonds. The molecule has 0 radical (unpaired) electrons. The summed E-state index contributed by atoms with van der Waals surface area (Å²) in [5.74, 6) is 0. The third-order valence-electron chi connectivity index (χ3n) is 4.02. The predicted octanol–water partition coefficient (Wildman–Crippen LogP) is 1.48. The lowest BCUT2D eigenvalue weighted by molar-refractivity contribution is 0.178. The van der Waals surface area contributed by atoms with Crippen LogP contribution in [0.3, 0.4) is 0 Å². The normalized spacial score (nSPS) is 17.2. The molecule has 1 aromatic heterocycles. The van der Waals surface area contributed by atoms with Gasteiger partial charge in [0.2, 0.25) is 0 Å². The van der Waals surface area contributed by atoms with Gasteiger partial charge in [-0.3, -0.25) is 4.90 Å². The van der Waals surface area contributed by atoms with Gasteiger partial charge in [0.1, 0.15) is 0 Å². The van der Waals surface area contributed by atoms with Crippen LogP contribution in [0.2, 0.25) is 0 Å². The van der Waals surface area contributed by atoms with Gasteiger partial charge in [0.25, 0.3) is 0 Å². The average molecular weight is 256 g/mol. The van der Waals surface area contributed by atoms with E-state index in [0.717, 1.165) is 19.5 Å². The van der Waals surface area contributed by atoms with E-state index >= 15 is 0 Å². The Kier molecular flexibility index (Phi) is 3.36. The molecular formula is C15H20N4. The number of nitrogens with zero attached hydrogens (tertiary/aromatic N) is 3. The Balaban J connectivity index is 1.85. The van der Waals surface area contributed by atoms with Crippen molar-refractivity contribution in [3.8, 4) is 0 Å². The zero-order valence-electron chi connectivity index (χ0n) is 11.3. The van der Waals surface area contributed by atoms with E-state index < -0.39 is 0 Å². The van der Waals surface area contributed by atoms with Gasteiger partial charge in [-0.05, 0) is 17.5 Å². The second-order valence-corrected chi connectivity index (χ2v) is 5.17. The highest BCUT2D eigenvalue weighted by molar-refractivity contribution is 5.29. The van der Waals surface area contributed by atoms with Crippen LogP contribution in [0.4, 0.5) is 0 Å². The van der Waals surface area contributed by atoms with Crippen LogP contribution >= 0.6 is 0 Å². The van der Waals surface area contributed by atoms with E-state index in [1.165, 1.54) is 16.8 Å². The highest BCUT2D eigenvalue weighted by Gasteiger charge is 2.25. The van der Waals surface area contributed by atoms with Gasteiger partial charge in [0.15, 0.2) is 0 Å². The zero-order valence-corrected chi connectivity index (χ0v) is 11.3. The molecule has 19 heavy (non-hydrogen) atoms. The van der Waals surface area contributed by atoms with Gasteiger partial charge in [-0.1, -0.05) is 24.3 Å². The Bertz CT molecular complexity index is 561. The SMILES string of the molecule is Cn1cncc1C(CN)N1CCc2ccccc2C1. The molecule has 3 rings (SSSR count). The Morgan fingerprint density at radius 1 is 1.32 bits per heavy atom. The molecule has 2 N–H and O–H groups in total. The fourth-order valence-electron chi connectivity index (χ4n) is 2.93. The molecule has 4 nitrogen and oxygen atoms in total. The smallest absolute Gasteiger partial charge is 0.0946 e. The fourth-order valence-corrected chi connectivity index (χ4v) is 2.93. The van der Waals surface area contributed by atoms with Crippen molar-refractivity contribution in [2.75, 3.05) is 13.1 Å². The number of rotatable bonds is 3. The summed E-state index contributed by atoms with van der Waals surface area (Å²) < 4.78 is 2.07. The van der Waals surface area contributed by atoms with Crippen LogP contribution in [0.1, 0.15) is 22.9 Å². The number of hydrogen-bond acceptors (Lipinski definition) is 3. The van der Waals surface area contributed by atoms with Crippen molar-refractivity contribution in [3.63, 3.8) is 0 Å². The zero-order chi connectivity index (χ0) is 13.2. The van der Waals surface area contributed by atoms with Gasteiger partial charge in [-0.15, -0.1) is 0 Å². The van der Waals surface area contributed by atoms with Gasteiger partial charge < -0.3 is 10.3 Å². The molecular weight excluding hydrogens is 236 g/mol. The molecule has 4 heteroatoms. The average Bonchev–Trinajstić information content (AvgIpc) is 2.86. The van der Waals surface area contributed by atoms with Crippen molar-refractivity contribution in [1.29, 1.82) is 0 Å². The summed E-state index contributed by atoms with van der Waals surface area (Å²) in [5, 5.41) is 0. The first-order valence-corrected chi connectivity index (χ1v) is 6.76. The first-order valence-electron chi connectivity index (χ1n) is 6.76. The molecule has 1 aliphatic rings. The van der Waals surface area contributed by atoms with E-state index in [2.05, 4.69) is 38.7 Å². The lowest BCUT2D eigenvalue weighted by Gasteiger charge is -2.35. The van der Waals surface area contributed by atoms with Gasteiger partial charge in [0.05, 0.1) is 18.1 Å². The van der Waals surface area contributed by atoms with Crippen LogP contribution < -0.4 is 5.73 Å². The van der Waals surface area contributed by atoms with Gasteiger partial charge in [-0.2, -0.15) is 0 Å². The maximum absolute atomic E-state index is 6.00. The molecule has 0 bridgehead atoms. The van der Waals surface area contributed by atoms with Gasteiger partial charge >= 0.3 is 0 Å². The molecule has 1 unspecified atom stereocenters. The lowest BCUT2D eigenvalue weighted by atomic mass is 9.98. The van der Waals surface area contributed by atoms with E-state index in [1.54, 1.807) is 0 Å². The quantitative estimate of drug-likeness (QED) is 0.905. The van der Waals surface area contributed by atoms with Crippen LogP contribution in [-0.2, 0) is 20.0 Å². The molecule has 0 spiro atoms. The highest BCUT2D eigenvalue weighted by Crippen LogP contribution is 2.26. The molecule has 2 heterocycles. The Morgan fingerprint density at radius 2 is 2.11 bits per heavy atom. The third kappa shape index (κ3) is 2.29. The van der Waals surface area contributed by atoms with Crippen LogP contribution in [0.15, 0.2) is 36.8 Å². The molecule has 1 aliphatic heterocycles. The number of hydrogen-bond donors (Lipinski definition) is 1. The van der Waals surface area contributed by atoms with Crippen molar-refractivity contribution in [2.24, 2.45) is 12.8 Å². The first-order chi connectivity index (χ1) is 9.29. The molecule has 0 saturated carbocycles. The van der Waals surface area contributed by atoms with Gasteiger partial charge in [-0.25, -0.2) is 4.98 Å². The maximum atomic E-state index is 6.00. The van der Waals surface area contributed by atoms with Crippen LogP contribution in [0, 0.1) is 0 Å². The van der Waals surface area contributed by atoms with Crippen molar-refractivity contribution >= 4 is 0 Å². The maximum Gasteiger partial charge on any atom is 0.0946 e. The number of imidazole rings is 1. The van der Waals surface area contributed by atoms with Crippen molar-refractivity contribution in [3.05, 3.63) is 53.6 Å². The molecule has 0 saturated heterocycles. The number of aryl methyl sites for hydroxylation is 1. The number of aromatic nitrogens is 2. The second kappa shape index (κ2) is 5.15. The van der Waals surface area contributed by atoms with E-state index in [4.69, 9.17) is 5.73 Å². The fraction of sp³-hybridized carbons (Fsp3) is 0.400. The van der Waals surface area contributed by atoms with E-state index in [1.807, 2.05) is 19.6 Å². The summed E-state index contributed by atoms with van der Waals surface area (Å²) in [6.45, 7) is 2.66. The minimum absolute atomic E-state index is 0.251. The van der Waals surface area contributed by atoms with E-state index in [9.17, 15) is 0 Å². The van der Waals surface area contributed by atoms with E-state index in [0.29, 0.717) is 6.54 Å². The van der Waals surface area contributed by atoms with Crippen molar-refractivity contribution in [2.45, 2.75) is 19.0 Å². The molecule has 0 aliphatic carbocycles. The largest absolute Gasteiger partial charge is 0.336 e. The summed E-state index contributed by atoms with van der Waals surface area (Å²) in [6, 6.07) is 8.94. The number of fused-ring (bicyclic) bond motifs is 1. The molecule has 1 atom stereocenters. The minimum Gasteiger partial charge on any atom is -0.336 e. The van der Waals surface area contributed by atoms with Crippen molar-refractivity contribution < 1.29 is 0 Å². The molecule has 2 aromatic rings. The molecule has 100 valence electrons. The standard InChI is InChI=1S/C15H20N4/c1-18-11-17-9-15(18)14(8-16)19-7-6-12-4-2-3-5-13(12)10-19/h2-5,9,11,14H,6-8,10,16H2,1H3. The Labute approximate surface area is 113 Å². The highest BCUT2D eigenvalue weighted by atomic mass is 15.2. The predicted molar refractivity (Wildman–Crippen MR) is 75.6 cm³/mol. The number of benzene rings is 1. The van der Waals surface area contributed by atoms with Crippen LogP contribution in [0.25, 0.3) is 0 Å². The number of nitrogens with two attached hydrogens (primary N) is 1. The Hall–Kier alpha value is -1.65. The van der Waals surface area contributed by atoms with Crippen LogP contribution in [-0.4, -0.2) is 27.5 Å². The summed E-state index contributed by atoms with van der Waals surface area (Å²) in [4.78, 5) is 6.67. The lowest BCUT2D eigenvalue weighted by Crippen LogP contribution is -2.38. The van der Waals surface area contributed by atoms with Crippen LogP contribution in [0.5, 0.6) is 0 Å². The summed E-state index contributed by atoms with van der Waals surface area (Å²) in [7, 11) is 2.03. The third-order valence-corrected chi connectivity index (χ3v) is 4.02. The monoisotopic (exact) mass is 256 g/mol. The summed E-state index contributed by atoms with van der Waals surface area (Å²) in [5.41, 5.74) is 10.1. The topological polar surface area (TPSA) is 47.1 Å².